The maximum Gasteiger partial charge on any atom is 0.328 e. The van der Waals surface area contributed by atoms with E-state index in [1.165, 1.54) is 28.4 Å². The predicted octanol–water partition coefficient (Wildman–Crippen LogP) is 1.81. The van der Waals surface area contributed by atoms with Crippen LogP contribution in [-0.2, 0) is 20.7 Å². The zero-order valence-electron chi connectivity index (χ0n) is 15.2. The third-order valence-electron chi connectivity index (χ3n) is 4.38. The van der Waals surface area contributed by atoms with Crippen LogP contribution in [0, 0.1) is 0 Å². The number of hydrogen-bond donors (Lipinski definition) is 0. The molecular formula is C18H25NO6. The fourth-order valence-electron chi connectivity index (χ4n) is 3.12. The third kappa shape index (κ3) is 4.15. The summed E-state index contributed by atoms with van der Waals surface area (Å²) in [6.07, 6.45) is 2.57. The summed E-state index contributed by atoms with van der Waals surface area (Å²) in [5.74, 6) is 0.981. The number of methoxy groups -OCH3 is 4. The summed E-state index contributed by atoms with van der Waals surface area (Å²) in [6, 6.07) is 2.99. The van der Waals surface area contributed by atoms with Crippen molar-refractivity contribution < 1.29 is 28.5 Å². The summed E-state index contributed by atoms with van der Waals surface area (Å²) in [5.41, 5.74) is 0.730. The average molecular weight is 351 g/mol. The highest BCUT2D eigenvalue weighted by atomic mass is 16.5. The Kier molecular flexibility index (Phi) is 6.50. The number of ether oxygens (including phenoxy) is 4. The van der Waals surface area contributed by atoms with E-state index >= 15 is 0 Å². The molecule has 0 saturated carbocycles. The van der Waals surface area contributed by atoms with Gasteiger partial charge in [-0.05, 0) is 37.0 Å². The van der Waals surface area contributed by atoms with Crippen molar-refractivity contribution in [3.63, 3.8) is 0 Å². The van der Waals surface area contributed by atoms with Gasteiger partial charge in [-0.1, -0.05) is 0 Å². The molecule has 0 spiro atoms. The van der Waals surface area contributed by atoms with Gasteiger partial charge < -0.3 is 23.8 Å². The van der Waals surface area contributed by atoms with Crippen molar-refractivity contribution in [1.29, 1.82) is 0 Å². The Balaban J connectivity index is 2.23. The van der Waals surface area contributed by atoms with Crippen LogP contribution in [0.4, 0.5) is 0 Å². The number of hydrogen-bond acceptors (Lipinski definition) is 6. The minimum absolute atomic E-state index is 0.121. The molecular weight excluding hydrogens is 326 g/mol. The normalized spacial score (nSPS) is 17.0. The number of esters is 1. The van der Waals surface area contributed by atoms with Crippen LogP contribution in [0.3, 0.4) is 0 Å². The van der Waals surface area contributed by atoms with E-state index in [9.17, 15) is 9.59 Å². The first-order valence-corrected chi connectivity index (χ1v) is 8.21. The highest BCUT2D eigenvalue weighted by Crippen LogP contribution is 2.38. The molecule has 138 valence electrons. The van der Waals surface area contributed by atoms with Crippen LogP contribution in [0.1, 0.15) is 24.8 Å². The SMILES string of the molecule is COC(=O)[C@@H]1CCCCN1C(=O)Cc1cc(OC)c(OC)c(OC)c1. The van der Waals surface area contributed by atoms with Crippen LogP contribution in [0.15, 0.2) is 12.1 Å². The summed E-state index contributed by atoms with van der Waals surface area (Å²) >= 11 is 0. The molecule has 1 fully saturated rings. The van der Waals surface area contributed by atoms with Crippen LogP contribution < -0.4 is 14.2 Å². The van der Waals surface area contributed by atoms with Gasteiger partial charge in [-0.15, -0.1) is 0 Å². The Hall–Kier alpha value is -2.44. The van der Waals surface area contributed by atoms with E-state index in [2.05, 4.69) is 0 Å². The molecule has 1 aliphatic heterocycles. The lowest BCUT2D eigenvalue weighted by Gasteiger charge is -2.33. The molecule has 1 saturated heterocycles. The van der Waals surface area contributed by atoms with Crippen LogP contribution >= 0.6 is 0 Å². The van der Waals surface area contributed by atoms with Crippen molar-refractivity contribution in [2.75, 3.05) is 35.0 Å². The molecule has 1 aliphatic rings. The number of benzene rings is 1. The quantitative estimate of drug-likeness (QED) is 0.728. The van der Waals surface area contributed by atoms with Crippen LogP contribution in [0.25, 0.3) is 0 Å². The number of rotatable bonds is 6. The first-order chi connectivity index (χ1) is 12.0. The molecule has 25 heavy (non-hydrogen) atoms. The molecule has 0 bridgehead atoms. The topological polar surface area (TPSA) is 74.3 Å². The van der Waals surface area contributed by atoms with E-state index in [0.717, 1.165) is 18.4 Å². The van der Waals surface area contributed by atoms with Crippen molar-refractivity contribution in [2.24, 2.45) is 0 Å². The smallest absolute Gasteiger partial charge is 0.328 e. The molecule has 0 aliphatic carbocycles. The van der Waals surface area contributed by atoms with Crippen molar-refractivity contribution in [1.82, 2.24) is 4.90 Å². The molecule has 1 heterocycles. The number of carbonyl (C=O) groups excluding carboxylic acids is 2. The van der Waals surface area contributed by atoms with E-state index in [0.29, 0.717) is 30.2 Å². The molecule has 7 nitrogen and oxygen atoms in total. The highest BCUT2D eigenvalue weighted by molar-refractivity contribution is 5.86. The molecule has 7 heteroatoms. The number of amides is 1. The van der Waals surface area contributed by atoms with E-state index < -0.39 is 6.04 Å². The molecule has 1 amide bonds. The van der Waals surface area contributed by atoms with Crippen molar-refractivity contribution >= 4 is 11.9 Å². The van der Waals surface area contributed by atoms with Gasteiger partial charge in [0.25, 0.3) is 0 Å². The summed E-state index contributed by atoms with van der Waals surface area (Å²) in [6.45, 7) is 0.559. The van der Waals surface area contributed by atoms with E-state index in [1.54, 1.807) is 17.0 Å². The number of likely N-dealkylation sites (tertiary alicyclic amines) is 1. The first-order valence-electron chi connectivity index (χ1n) is 8.21. The summed E-state index contributed by atoms with van der Waals surface area (Å²) < 4.78 is 20.8. The van der Waals surface area contributed by atoms with Crippen molar-refractivity contribution in [2.45, 2.75) is 31.7 Å². The highest BCUT2D eigenvalue weighted by Gasteiger charge is 2.32. The van der Waals surface area contributed by atoms with Gasteiger partial charge in [-0.25, -0.2) is 4.79 Å². The second kappa shape index (κ2) is 8.60. The van der Waals surface area contributed by atoms with E-state index in [1.807, 2.05) is 0 Å². The second-order valence-corrected chi connectivity index (χ2v) is 5.83. The fraction of sp³-hybridized carbons (Fsp3) is 0.556. The Morgan fingerprint density at radius 1 is 1.04 bits per heavy atom. The Morgan fingerprint density at radius 3 is 2.20 bits per heavy atom. The maximum absolute atomic E-state index is 12.8. The Labute approximate surface area is 147 Å². The zero-order chi connectivity index (χ0) is 18.4. The van der Waals surface area contributed by atoms with Crippen LogP contribution in [0.2, 0.25) is 0 Å². The minimum atomic E-state index is -0.506. The summed E-state index contributed by atoms with van der Waals surface area (Å²) in [5, 5.41) is 0. The molecule has 0 N–H and O–H groups in total. The second-order valence-electron chi connectivity index (χ2n) is 5.83. The van der Waals surface area contributed by atoms with Crippen molar-refractivity contribution in [3.8, 4) is 17.2 Å². The first kappa shape index (κ1) is 18.9. The van der Waals surface area contributed by atoms with Crippen molar-refractivity contribution in [3.05, 3.63) is 17.7 Å². The zero-order valence-corrected chi connectivity index (χ0v) is 15.2. The largest absolute Gasteiger partial charge is 0.493 e. The molecule has 1 aromatic carbocycles. The number of carbonyl (C=O) groups is 2. The maximum atomic E-state index is 12.8. The average Bonchev–Trinajstić information content (AvgIpc) is 2.66. The number of piperidine rings is 1. The lowest BCUT2D eigenvalue weighted by molar-refractivity contribution is -0.154. The minimum Gasteiger partial charge on any atom is -0.493 e. The summed E-state index contributed by atoms with van der Waals surface area (Å²) in [4.78, 5) is 26.3. The van der Waals surface area contributed by atoms with Crippen LogP contribution in [-0.4, -0.2) is 57.8 Å². The fourth-order valence-corrected chi connectivity index (χ4v) is 3.12. The van der Waals surface area contributed by atoms with Gasteiger partial charge in [0, 0.05) is 6.54 Å². The molecule has 0 unspecified atom stereocenters. The summed E-state index contributed by atoms with van der Waals surface area (Å²) in [7, 11) is 5.93. The van der Waals surface area contributed by atoms with E-state index in [4.69, 9.17) is 18.9 Å². The standard InChI is InChI=1S/C18H25NO6/c1-22-14-9-12(10-15(23-2)17(14)24-3)11-16(20)19-8-6-5-7-13(19)18(21)25-4/h9-10,13H,5-8,11H2,1-4H3/t13-/m0/s1. The lowest BCUT2D eigenvalue weighted by Crippen LogP contribution is -2.49. The third-order valence-corrected chi connectivity index (χ3v) is 4.38. The molecule has 0 aromatic heterocycles. The molecule has 1 aromatic rings. The number of nitrogens with zero attached hydrogens (tertiary/aromatic N) is 1. The van der Waals surface area contributed by atoms with Gasteiger partial charge in [0.15, 0.2) is 11.5 Å². The van der Waals surface area contributed by atoms with Gasteiger partial charge in [0.2, 0.25) is 11.7 Å². The van der Waals surface area contributed by atoms with E-state index in [-0.39, 0.29) is 18.3 Å². The Morgan fingerprint density at radius 2 is 1.68 bits per heavy atom. The predicted molar refractivity (Wildman–Crippen MR) is 91.2 cm³/mol. The van der Waals surface area contributed by atoms with Gasteiger partial charge in [-0.2, -0.15) is 0 Å². The van der Waals surface area contributed by atoms with Gasteiger partial charge in [0.05, 0.1) is 34.9 Å². The lowest BCUT2D eigenvalue weighted by atomic mass is 10.0. The Bertz CT molecular complexity index is 605. The van der Waals surface area contributed by atoms with Crippen LogP contribution in [0.5, 0.6) is 17.2 Å². The molecule has 0 radical (unpaired) electrons. The molecule has 2 rings (SSSR count). The monoisotopic (exact) mass is 351 g/mol. The van der Waals surface area contributed by atoms with Gasteiger partial charge in [-0.3, -0.25) is 4.79 Å². The molecule has 1 atom stereocenters. The van der Waals surface area contributed by atoms with Gasteiger partial charge >= 0.3 is 5.97 Å². The van der Waals surface area contributed by atoms with Gasteiger partial charge in [0.1, 0.15) is 6.04 Å².